The van der Waals surface area contributed by atoms with Crippen LogP contribution in [-0.2, 0) is 4.43 Å². The number of rotatable bonds is 7. The van der Waals surface area contributed by atoms with Gasteiger partial charge in [-0.2, -0.15) is 0 Å². The molecule has 0 aromatic heterocycles. The second-order valence-corrected chi connectivity index (χ2v) is 16.4. The Morgan fingerprint density at radius 2 is 1.29 bits per heavy atom. The van der Waals surface area contributed by atoms with Crippen molar-refractivity contribution in [3.05, 3.63) is 125 Å². The maximum Gasteiger partial charge on any atom is 0.261 e. The van der Waals surface area contributed by atoms with E-state index in [4.69, 9.17) is 9.16 Å². The second kappa shape index (κ2) is 11.1. The first kappa shape index (κ1) is 30.0. The van der Waals surface area contributed by atoms with Crippen molar-refractivity contribution >= 4 is 46.8 Å². The van der Waals surface area contributed by atoms with Crippen molar-refractivity contribution in [3.63, 3.8) is 0 Å². The molecule has 8 heteroatoms. The molecule has 0 fully saturated rings. The summed E-state index contributed by atoms with van der Waals surface area (Å²) in [5.74, 6) is -2.33. The maximum atomic E-state index is 13.8. The number of carbonyl (C=O) groups is 3. The lowest BCUT2D eigenvalue weighted by Crippen LogP contribution is -2.67. The minimum Gasteiger partial charge on any atom is -0.506 e. The highest BCUT2D eigenvalue weighted by Gasteiger charge is 2.50. The average Bonchev–Trinajstić information content (AvgIpc) is 3.05. The van der Waals surface area contributed by atoms with E-state index in [-0.39, 0.29) is 61.8 Å². The lowest BCUT2D eigenvalue weighted by atomic mass is 9.80. The minimum absolute atomic E-state index is 0.0267. The first-order valence-corrected chi connectivity index (χ1v) is 16.5. The normalized spacial score (nSPS) is 13.0. The molecule has 0 bridgehead atoms. The molecule has 0 saturated carbocycles. The van der Waals surface area contributed by atoms with Crippen molar-refractivity contribution in [1.29, 1.82) is 0 Å². The van der Waals surface area contributed by atoms with Crippen LogP contribution in [0.4, 0.5) is 0 Å². The van der Waals surface area contributed by atoms with Crippen molar-refractivity contribution in [1.82, 2.24) is 0 Å². The zero-order chi connectivity index (χ0) is 32.1. The van der Waals surface area contributed by atoms with E-state index in [1.807, 2.05) is 60.7 Å². The molecule has 5 aromatic rings. The van der Waals surface area contributed by atoms with Crippen molar-refractivity contribution in [3.8, 4) is 17.2 Å². The van der Waals surface area contributed by atoms with Gasteiger partial charge < -0.3 is 19.4 Å². The van der Waals surface area contributed by atoms with E-state index in [9.17, 15) is 24.6 Å². The molecule has 226 valence electrons. The van der Waals surface area contributed by atoms with E-state index in [0.717, 1.165) is 10.4 Å². The van der Waals surface area contributed by atoms with Gasteiger partial charge >= 0.3 is 0 Å². The maximum absolute atomic E-state index is 13.8. The van der Waals surface area contributed by atoms with Crippen LogP contribution in [-0.4, -0.2) is 49.6 Å². The summed E-state index contributed by atoms with van der Waals surface area (Å²) in [6.07, 6.45) is 0. The fraction of sp³-hybridized carbons (Fsp3) is 0.162. The summed E-state index contributed by atoms with van der Waals surface area (Å²) in [4.78, 5) is 40.9. The number of Topliss-reactive ketones (excluding diaryl/α,β-unsaturated/α-hetero) is 1. The van der Waals surface area contributed by atoms with Gasteiger partial charge in [0.2, 0.25) is 5.78 Å². The molecule has 0 unspecified atom stereocenters. The van der Waals surface area contributed by atoms with Gasteiger partial charge in [-0.3, -0.25) is 14.4 Å². The number of phenols is 2. The van der Waals surface area contributed by atoms with Gasteiger partial charge in [-0.05, 0) is 33.6 Å². The van der Waals surface area contributed by atoms with Crippen LogP contribution in [0.25, 0.3) is 10.8 Å². The lowest BCUT2D eigenvalue weighted by Gasteiger charge is -2.42. The molecule has 0 heterocycles. The van der Waals surface area contributed by atoms with Gasteiger partial charge in [0, 0.05) is 21.9 Å². The van der Waals surface area contributed by atoms with Crippen molar-refractivity contribution in [2.24, 2.45) is 0 Å². The Morgan fingerprint density at radius 1 is 0.711 bits per heavy atom. The molecule has 0 aliphatic heterocycles. The monoisotopic (exact) mass is 616 g/mol. The van der Waals surface area contributed by atoms with Crippen LogP contribution in [0, 0.1) is 0 Å². The summed E-state index contributed by atoms with van der Waals surface area (Å²) in [7, 11) is -1.61. The van der Waals surface area contributed by atoms with Crippen LogP contribution in [0.3, 0.4) is 0 Å². The topological polar surface area (TPSA) is 110 Å². The molecule has 6 rings (SSSR count). The summed E-state index contributed by atoms with van der Waals surface area (Å²) < 4.78 is 12.1. The molecule has 7 nitrogen and oxygen atoms in total. The second-order valence-electron chi connectivity index (χ2n) is 12.1. The van der Waals surface area contributed by atoms with Gasteiger partial charge in [0.25, 0.3) is 8.32 Å². The molecule has 2 N–H and O–H groups in total. The smallest absolute Gasteiger partial charge is 0.261 e. The van der Waals surface area contributed by atoms with Crippen LogP contribution in [0.2, 0.25) is 5.04 Å². The SMILES string of the molecule is COc1cccc2c1C(=O)c1c(c(O)c3cc(C(=O)CO[Si](c4ccccc4)(c4ccccc4)C(C)(C)C)ccc3c1O)C2=O. The number of ether oxygens (including phenoxy) is 1. The third-order valence-corrected chi connectivity index (χ3v) is 13.6. The van der Waals surface area contributed by atoms with Gasteiger partial charge in [0.05, 0.1) is 30.4 Å². The fourth-order valence-corrected chi connectivity index (χ4v) is 11.0. The molecule has 0 amide bonds. The largest absolute Gasteiger partial charge is 0.506 e. The highest BCUT2D eigenvalue weighted by atomic mass is 28.4. The molecule has 45 heavy (non-hydrogen) atoms. The number of hydrogen-bond donors (Lipinski definition) is 2. The van der Waals surface area contributed by atoms with Crippen molar-refractivity contribution < 1.29 is 33.8 Å². The van der Waals surface area contributed by atoms with E-state index < -0.39 is 31.4 Å². The number of hydrogen-bond acceptors (Lipinski definition) is 7. The number of ketones is 3. The van der Waals surface area contributed by atoms with E-state index in [0.29, 0.717) is 0 Å². The first-order valence-electron chi connectivity index (χ1n) is 14.6. The van der Waals surface area contributed by atoms with Crippen LogP contribution < -0.4 is 15.1 Å². The Balaban J connectivity index is 1.42. The number of methoxy groups -OCH3 is 1. The molecule has 0 radical (unpaired) electrons. The Bertz CT molecular complexity index is 1950. The quantitative estimate of drug-likeness (QED) is 0.133. The average molecular weight is 617 g/mol. The summed E-state index contributed by atoms with van der Waals surface area (Å²) in [6.45, 7) is 6.13. The van der Waals surface area contributed by atoms with Crippen LogP contribution >= 0.6 is 0 Å². The van der Waals surface area contributed by atoms with Crippen molar-refractivity contribution in [2.75, 3.05) is 13.7 Å². The van der Waals surface area contributed by atoms with E-state index >= 15 is 0 Å². The highest BCUT2D eigenvalue weighted by molar-refractivity contribution is 6.99. The predicted octanol–water partition coefficient (Wildman–Crippen LogP) is 5.79. The van der Waals surface area contributed by atoms with Crippen LogP contribution in [0.15, 0.2) is 97.1 Å². The summed E-state index contributed by atoms with van der Waals surface area (Å²) in [5, 5.41) is 24.6. The number of fused-ring (bicyclic) bond motifs is 3. The Hall–Kier alpha value is -5.05. The van der Waals surface area contributed by atoms with Gasteiger partial charge in [-0.15, -0.1) is 0 Å². The standard InChI is InChI=1S/C37H32O7Si/c1-37(2,3)45(23-12-7-5-8-13-23,24-14-9-6-10-15-24)44-21-28(38)22-18-19-25-27(20-22)35(41)31-32(33(25)39)36(42)30-26(34(31)40)16-11-17-29(30)43-4/h5-20,39,41H,21H2,1-4H3. The number of phenolic OH excluding ortho intramolecular Hbond substituents is 2. The molecular formula is C37H32O7Si. The molecule has 0 atom stereocenters. The van der Waals surface area contributed by atoms with Gasteiger partial charge in [-0.25, -0.2) is 0 Å². The summed E-state index contributed by atoms with van der Waals surface area (Å²) in [5.41, 5.74) is -0.285. The molecular weight excluding hydrogens is 584 g/mol. The Labute approximate surface area is 261 Å². The zero-order valence-corrected chi connectivity index (χ0v) is 26.4. The molecule has 0 saturated heterocycles. The molecule has 0 spiro atoms. The van der Waals surface area contributed by atoms with E-state index in [1.54, 1.807) is 12.1 Å². The number of aromatic hydroxyl groups is 2. The lowest BCUT2D eigenvalue weighted by molar-refractivity contribution is 0.0914. The Morgan fingerprint density at radius 3 is 1.87 bits per heavy atom. The van der Waals surface area contributed by atoms with E-state index in [2.05, 4.69) is 20.8 Å². The van der Waals surface area contributed by atoms with Gasteiger partial charge in [0.15, 0.2) is 11.6 Å². The van der Waals surface area contributed by atoms with Crippen LogP contribution in [0.5, 0.6) is 17.2 Å². The molecule has 5 aromatic carbocycles. The van der Waals surface area contributed by atoms with Gasteiger partial charge in [0.1, 0.15) is 17.2 Å². The highest BCUT2D eigenvalue weighted by Crippen LogP contribution is 2.46. The number of carbonyl (C=O) groups excluding carboxylic acids is 3. The van der Waals surface area contributed by atoms with Crippen LogP contribution in [0.1, 0.15) is 63.0 Å². The minimum atomic E-state index is -3.00. The third kappa shape index (κ3) is 4.65. The predicted molar refractivity (Wildman–Crippen MR) is 175 cm³/mol. The summed E-state index contributed by atoms with van der Waals surface area (Å²) in [6, 6.07) is 29.0. The first-order chi connectivity index (χ1) is 21.5. The zero-order valence-electron chi connectivity index (χ0n) is 25.4. The van der Waals surface area contributed by atoms with Gasteiger partial charge in [-0.1, -0.05) is 99.6 Å². The summed E-state index contributed by atoms with van der Waals surface area (Å²) >= 11 is 0. The molecule has 1 aliphatic rings. The van der Waals surface area contributed by atoms with E-state index in [1.165, 1.54) is 31.4 Å². The third-order valence-electron chi connectivity index (χ3n) is 8.58. The molecule has 1 aliphatic carbocycles. The Kier molecular flexibility index (Phi) is 7.43. The number of benzene rings is 5. The van der Waals surface area contributed by atoms with Crippen molar-refractivity contribution in [2.45, 2.75) is 25.8 Å². The fourth-order valence-electron chi connectivity index (χ4n) is 6.47.